The van der Waals surface area contributed by atoms with Gasteiger partial charge >= 0.3 is 5.97 Å². The highest BCUT2D eigenvalue weighted by molar-refractivity contribution is 8.00. The third-order valence-electron chi connectivity index (χ3n) is 4.13. The van der Waals surface area contributed by atoms with Crippen LogP contribution in [-0.4, -0.2) is 22.1 Å². The minimum absolute atomic E-state index is 0.0592. The Balaban J connectivity index is 1.34. The van der Waals surface area contributed by atoms with E-state index < -0.39 is 23.0 Å². The van der Waals surface area contributed by atoms with Crippen molar-refractivity contribution in [1.29, 1.82) is 0 Å². The van der Waals surface area contributed by atoms with Gasteiger partial charge in [-0.25, -0.2) is 13.6 Å². The SMILES string of the molecule is O=C(Oc1coc(CSc2nnc(NC(=O)C3CC3)s2)cc1=O)c1ccc(F)c(F)c1. The average Bonchev–Trinajstić information content (AvgIpc) is 3.51. The van der Waals surface area contributed by atoms with E-state index in [9.17, 15) is 23.2 Å². The zero-order valence-corrected chi connectivity index (χ0v) is 17.2. The number of amides is 1. The highest BCUT2D eigenvalue weighted by atomic mass is 32.2. The lowest BCUT2D eigenvalue weighted by Gasteiger charge is -2.04. The highest BCUT2D eigenvalue weighted by Gasteiger charge is 2.30. The van der Waals surface area contributed by atoms with E-state index in [0.717, 1.165) is 37.3 Å². The summed E-state index contributed by atoms with van der Waals surface area (Å²) in [6, 6.07) is 3.65. The number of rotatable bonds is 7. The normalized spacial score (nSPS) is 13.1. The lowest BCUT2D eigenvalue weighted by molar-refractivity contribution is -0.117. The van der Waals surface area contributed by atoms with E-state index in [1.807, 2.05) is 0 Å². The van der Waals surface area contributed by atoms with Gasteiger partial charge in [0.2, 0.25) is 22.2 Å². The van der Waals surface area contributed by atoms with Gasteiger partial charge in [-0.15, -0.1) is 10.2 Å². The number of benzene rings is 1. The van der Waals surface area contributed by atoms with Crippen LogP contribution in [0.5, 0.6) is 5.75 Å². The summed E-state index contributed by atoms with van der Waals surface area (Å²) in [5, 5.41) is 11.0. The third kappa shape index (κ3) is 5.33. The molecule has 0 bridgehead atoms. The molecule has 1 aliphatic rings. The van der Waals surface area contributed by atoms with Crippen LogP contribution >= 0.6 is 23.1 Å². The van der Waals surface area contributed by atoms with Crippen molar-refractivity contribution in [3.63, 3.8) is 0 Å². The quantitative estimate of drug-likeness (QED) is 0.320. The van der Waals surface area contributed by atoms with E-state index in [2.05, 4.69) is 15.5 Å². The largest absolute Gasteiger partial charge is 0.464 e. The number of nitrogens with zero attached hydrogens (tertiary/aromatic N) is 2. The molecule has 0 atom stereocenters. The molecule has 0 radical (unpaired) electrons. The van der Waals surface area contributed by atoms with E-state index in [1.54, 1.807) is 0 Å². The van der Waals surface area contributed by atoms with Crippen molar-refractivity contribution < 1.29 is 27.5 Å². The standard InChI is InChI=1S/C19H13F2N3O5S2/c20-12-4-3-10(5-13(12)21)17(27)29-15-7-28-11(6-14(15)25)8-30-19-24-23-18(31-19)22-16(26)9-1-2-9/h3-7,9H,1-2,8H2,(H,22,23,26). The van der Waals surface area contributed by atoms with Crippen LogP contribution in [0, 0.1) is 17.6 Å². The smallest absolute Gasteiger partial charge is 0.343 e. The van der Waals surface area contributed by atoms with E-state index >= 15 is 0 Å². The maximum Gasteiger partial charge on any atom is 0.343 e. The first-order valence-corrected chi connectivity index (χ1v) is 10.8. The predicted octanol–water partition coefficient (Wildman–Crippen LogP) is 3.63. The van der Waals surface area contributed by atoms with Crippen LogP contribution in [0.25, 0.3) is 0 Å². The first-order chi connectivity index (χ1) is 14.9. The van der Waals surface area contributed by atoms with Gasteiger partial charge in [0, 0.05) is 12.0 Å². The summed E-state index contributed by atoms with van der Waals surface area (Å²) in [6.45, 7) is 0. The van der Waals surface area contributed by atoms with E-state index in [1.165, 1.54) is 23.1 Å². The summed E-state index contributed by atoms with van der Waals surface area (Å²) in [5.41, 5.74) is -0.869. The van der Waals surface area contributed by atoms with Crippen molar-refractivity contribution in [3.05, 3.63) is 63.7 Å². The number of nitrogens with one attached hydrogen (secondary N) is 1. The number of halogens is 2. The molecule has 2 heterocycles. The summed E-state index contributed by atoms with van der Waals surface area (Å²) in [6.07, 6.45) is 2.74. The molecule has 0 aliphatic heterocycles. The first-order valence-electron chi connectivity index (χ1n) is 8.95. The van der Waals surface area contributed by atoms with E-state index in [0.29, 0.717) is 21.3 Å². The number of thioether (sulfide) groups is 1. The number of anilines is 1. The fraction of sp³-hybridized carbons (Fsp3) is 0.211. The molecule has 1 aliphatic carbocycles. The molecular formula is C19H13F2N3O5S2. The van der Waals surface area contributed by atoms with Crippen LogP contribution in [0.15, 0.2) is 44.1 Å². The van der Waals surface area contributed by atoms with Crippen LogP contribution in [0.4, 0.5) is 13.9 Å². The van der Waals surface area contributed by atoms with Gasteiger partial charge in [0.25, 0.3) is 0 Å². The summed E-state index contributed by atoms with van der Waals surface area (Å²) < 4.78 is 37.0. The van der Waals surface area contributed by atoms with Crippen LogP contribution in [0.2, 0.25) is 0 Å². The number of carbonyl (C=O) groups excluding carboxylic acids is 2. The lowest BCUT2D eigenvalue weighted by Crippen LogP contribution is -2.15. The molecule has 160 valence electrons. The molecular weight excluding hydrogens is 452 g/mol. The zero-order chi connectivity index (χ0) is 22.0. The molecule has 1 saturated carbocycles. The minimum Gasteiger partial charge on any atom is -0.464 e. The molecule has 3 aromatic rings. The van der Waals surface area contributed by atoms with Gasteiger partial charge in [0.15, 0.2) is 16.0 Å². The number of aromatic nitrogens is 2. The van der Waals surface area contributed by atoms with Gasteiger partial charge in [-0.2, -0.15) is 0 Å². The molecule has 12 heteroatoms. The van der Waals surface area contributed by atoms with Crippen molar-refractivity contribution in [3.8, 4) is 5.75 Å². The van der Waals surface area contributed by atoms with Gasteiger partial charge in [-0.3, -0.25) is 9.59 Å². The van der Waals surface area contributed by atoms with Gasteiger partial charge in [0.05, 0.1) is 11.3 Å². The Labute approximate surface area is 181 Å². The first kappa shape index (κ1) is 21.1. The van der Waals surface area contributed by atoms with E-state index in [-0.39, 0.29) is 28.9 Å². The Morgan fingerprint density at radius 3 is 2.74 bits per heavy atom. The second-order valence-electron chi connectivity index (χ2n) is 6.52. The fourth-order valence-corrected chi connectivity index (χ4v) is 4.02. The number of hydrogen-bond acceptors (Lipinski definition) is 9. The Bertz CT molecular complexity index is 1210. The lowest BCUT2D eigenvalue weighted by atomic mass is 10.2. The molecule has 1 amide bonds. The number of hydrogen-bond donors (Lipinski definition) is 1. The average molecular weight is 465 g/mol. The molecule has 1 N–H and O–H groups in total. The monoisotopic (exact) mass is 465 g/mol. The van der Waals surface area contributed by atoms with Crippen molar-refractivity contribution in [2.45, 2.75) is 22.9 Å². The summed E-state index contributed by atoms with van der Waals surface area (Å²) >= 11 is 2.45. The summed E-state index contributed by atoms with van der Waals surface area (Å²) in [4.78, 5) is 35.9. The topological polar surface area (TPSA) is 111 Å². The molecule has 8 nitrogen and oxygen atoms in total. The molecule has 4 rings (SSSR count). The Hall–Kier alpha value is -3.12. The Kier molecular flexibility index (Phi) is 6.09. The molecule has 2 aromatic heterocycles. The second kappa shape index (κ2) is 8.94. The molecule has 1 aromatic carbocycles. The van der Waals surface area contributed by atoms with E-state index in [4.69, 9.17) is 9.15 Å². The van der Waals surface area contributed by atoms with Gasteiger partial charge in [0.1, 0.15) is 12.0 Å². The summed E-state index contributed by atoms with van der Waals surface area (Å²) in [5.74, 6) is -3.19. The Morgan fingerprint density at radius 2 is 2.03 bits per heavy atom. The predicted molar refractivity (Wildman–Crippen MR) is 107 cm³/mol. The van der Waals surface area contributed by atoms with Gasteiger partial charge in [-0.05, 0) is 31.0 Å². The van der Waals surface area contributed by atoms with Crippen LogP contribution < -0.4 is 15.5 Å². The summed E-state index contributed by atoms with van der Waals surface area (Å²) in [7, 11) is 0. The zero-order valence-electron chi connectivity index (χ0n) is 15.6. The third-order valence-corrected chi connectivity index (χ3v) is 6.13. The molecule has 31 heavy (non-hydrogen) atoms. The maximum absolute atomic E-state index is 13.2. The molecule has 0 saturated heterocycles. The number of carbonyl (C=O) groups is 2. The fourth-order valence-electron chi connectivity index (χ4n) is 2.38. The molecule has 1 fully saturated rings. The van der Waals surface area contributed by atoms with Gasteiger partial charge < -0.3 is 14.5 Å². The molecule has 0 spiro atoms. The van der Waals surface area contributed by atoms with Crippen molar-refractivity contribution in [2.75, 3.05) is 5.32 Å². The maximum atomic E-state index is 13.2. The van der Waals surface area contributed by atoms with Gasteiger partial charge in [-0.1, -0.05) is 23.1 Å². The highest BCUT2D eigenvalue weighted by Crippen LogP contribution is 2.32. The number of esters is 1. The molecule has 0 unspecified atom stereocenters. The Morgan fingerprint density at radius 1 is 1.23 bits per heavy atom. The van der Waals surface area contributed by atoms with Crippen molar-refractivity contribution in [2.24, 2.45) is 5.92 Å². The van der Waals surface area contributed by atoms with Crippen LogP contribution in [-0.2, 0) is 10.5 Å². The van der Waals surface area contributed by atoms with Crippen molar-refractivity contribution >= 4 is 40.1 Å². The van der Waals surface area contributed by atoms with Crippen LogP contribution in [0.1, 0.15) is 29.0 Å². The van der Waals surface area contributed by atoms with Crippen LogP contribution in [0.3, 0.4) is 0 Å². The van der Waals surface area contributed by atoms with Crippen molar-refractivity contribution in [1.82, 2.24) is 10.2 Å². The number of ether oxygens (including phenoxy) is 1. The second-order valence-corrected chi connectivity index (χ2v) is 8.72. The minimum atomic E-state index is -1.21.